The molecule has 0 N–H and O–H groups in total. The normalized spacial score (nSPS) is 17.2. The maximum Gasteiger partial charge on any atom is 0.325 e. The first-order valence-corrected chi connectivity index (χ1v) is 8.13. The van der Waals surface area contributed by atoms with E-state index in [0.717, 1.165) is 64.8 Å². The molecule has 0 saturated carbocycles. The van der Waals surface area contributed by atoms with E-state index in [4.69, 9.17) is 9.39 Å². The molecule has 1 aliphatic heterocycles. The lowest BCUT2D eigenvalue weighted by atomic mass is 9.97. The van der Waals surface area contributed by atoms with Gasteiger partial charge in [-0.2, -0.15) is 0 Å². The molecule has 0 aliphatic carbocycles. The highest BCUT2D eigenvalue weighted by atomic mass is 35.5. The average molecular weight is 356 g/mol. The minimum Gasteiger partial charge on any atom is -0.543 e. The SMILES string of the molecule is BOC(=O)C(CCCC)CCN1CCC(OCC)CC1.Cl.Cl. The molecule has 4 nitrogen and oxygen atoms in total. The van der Waals surface area contributed by atoms with Crippen molar-refractivity contribution in [2.24, 2.45) is 5.92 Å². The van der Waals surface area contributed by atoms with Crippen molar-refractivity contribution in [2.75, 3.05) is 26.2 Å². The zero-order valence-corrected chi connectivity index (χ0v) is 15.8. The highest BCUT2D eigenvalue weighted by Gasteiger charge is 2.22. The Bertz CT molecular complexity index is 278. The third-order valence-corrected chi connectivity index (χ3v) is 4.17. The van der Waals surface area contributed by atoms with Crippen molar-refractivity contribution >= 4 is 38.8 Å². The van der Waals surface area contributed by atoms with Crippen molar-refractivity contribution in [1.29, 1.82) is 0 Å². The fraction of sp³-hybridized carbons (Fsp3) is 0.933. The molecule has 0 aromatic rings. The van der Waals surface area contributed by atoms with Gasteiger partial charge in [-0.3, -0.25) is 4.79 Å². The first-order valence-electron chi connectivity index (χ1n) is 8.13. The van der Waals surface area contributed by atoms with E-state index in [2.05, 4.69) is 18.7 Å². The van der Waals surface area contributed by atoms with Gasteiger partial charge in [0.15, 0.2) is 0 Å². The summed E-state index contributed by atoms with van der Waals surface area (Å²) in [5.41, 5.74) is 0. The smallest absolute Gasteiger partial charge is 0.325 e. The summed E-state index contributed by atoms with van der Waals surface area (Å²) in [6.07, 6.45) is 6.79. The summed E-state index contributed by atoms with van der Waals surface area (Å²) in [4.78, 5) is 14.2. The van der Waals surface area contributed by atoms with Crippen LogP contribution < -0.4 is 0 Å². The predicted octanol–water partition coefficient (Wildman–Crippen LogP) is 2.62. The minimum absolute atomic E-state index is 0. The second kappa shape index (κ2) is 14.6. The Kier molecular flexibility index (Phi) is 16.1. The van der Waals surface area contributed by atoms with E-state index in [9.17, 15) is 4.79 Å². The number of carbonyl (C=O) groups is 1. The van der Waals surface area contributed by atoms with Crippen LogP contribution in [0.1, 0.15) is 52.4 Å². The van der Waals surface area contributed by atoms with Gasteiger partial charge in [0.05, 0.1) is 12.0 Å². The molecule has 0 aromatic carbocycles. The average Bonchev–Trinajstić information content (AvgIpc) is 2.48. The van der Waals surface area contributed by atoms with E-state index in [0.29, 0.717) is 6.10 Å². The Balaban J connectivity index is 0. The second-order valence-electron chi connectivity index (χ2n) is 5.65. The van der Waals surface area contributed by atoms with Crippen molar-refractivity contribution < 1.29 is 14.2 Å². The van der Waals surface area contributed by atoms with E-state index in [1.165, 1.54) is 8.05 Å². The molecule has 0 radical (unpaired) electrons. The maximum absolute atomic E-state index is 11.8. The lowest BCUT2D eigenvalue weighted by Crippen LogP contribution is -2.38. The molecular weight excluding hydrogens is 324 g/mol. The molecule has 7 heteroatoms. The van der Waals surface area contributed by atoms with E-state index in [1.54, 1.807) is 0 Å². The molecule has 1 unspecified atom stereocenters. The molecule has 0 amide bonds. The zero-order valence-electron chi connectivity index (χ0n) is 14.2. The summed E-state index contributed by atoms with van der Waals surface area (Å²) in [5.74, 6) is 0.0345. The van der Waals surface area contributed by atoms with Crippen molar-refractivity contribution in [3.8, 4) is 0 Å². The van der Waals surface area contributed by atoms with Crippen LogP contribution in [0.5, 0.6) is 0 Å². The molecule has 1 aliphatic rings. The van der Waals surface area contributed by atoms with E-state index >= 15 is 0 Å². The molecule has 0 aromatic heterocycles. The van der Waals surface area contributed by atoms with Crippen LogP contribution in [0.15, 0.2) is 0 Å². The lowest BCUT2D eigenvalue weighted by Gasteiger charge is -2.32. The number of ether oxygens (including phenoxy) is 1. The summed E-state index contributed by atoms with van der Waals surface area (Å²) in [7, 11) is 1.49. The number of likely N-dealkylation sites (tertiary alicyclic amines) is 1. The number of nitrogens with zero attached hydrogens (tertiary/aromatic N) is 1. The summed E-state index contributed by atoms with van der Waals surface area (Å²) in [6, 6.07) is 0. The zero-order chi connectivity index (χ0) is 14.8. The van der Waals surface area contributed by atoms with Gasteiger partial charge in [-0.25, -0.2) is 0 Å². The van der Waals surface area contributed by atoms with Gasteiger partial charge in [-0.15, -0.1) is 24.8 Å². The molecule has 0 bridgehead atoms. The van der Waals surface area contributed by atoms with Gasteiger partial charge in [0, 0.05) is 19.7 Å². The van der Waals surface area contributed by atoms with Gasteiger partial charge in [0.1, 0.15) is 0 Å². The second-order valence-corrected chi connectivity index (χ2v) is 5.65. The monoisotopic (exact) mass is 355 g/mol. The Morgan fingerprint density at radius 2 is 1.86 bits per heavy atom. The fourth-order valence-corrected chi connectivity index (χ4v) is 2.87. The number of unbranched alkanes of at least 4 members (excludes halogenated alkanes) is 1. The first kappa shape index (κ1) is 24.3. The van der Waals surface area contributed by atoms with Crippen molar-refractivity contribution in [3.63, 3.8) is 0 Å². The molecule has 1 fully saturated rings. The van der Waals surface area contributed by atoms with E-state index in [1.807, 2.05) is 0 Å². The molecular formula is C15H32BCl2NO3. The van der Waals surface area contributed by atoms with Crippen molar-refractivity contribution in [3.05, 3.63) is 0 Å². The van der Waals surface area contributed by atoms with Crippen LogP contribution in [-0.4, -0.2) is 51.3 Å². The standard InChI is InChI=1S/C15H30BNO3.2ClH/c1-3-5-6-13(15(18)20-16)7-10-17-11-8-14(9-12-17)19-4-2;;/h13-14H,3-12,16H2,1-2H3;2*1H. The summed E-state index contributed by atoms with van der Waals surface area (Å²) >= 11 is 0. The third-order valence-electron chi connectivity index (χ3n) is 4.17. The van der Waals surface area contributed by atoms with Gasteiger partial charge in [-0.05, 0) is 39.2 Å². The van der Waals surface area contributed by atoms with Gasteiger partial charge in [0.25, 0.3) is 5.97 Å². The van der Waals surface area contributed by atoms with Crippen LogP contribution in [0.4, 0.5) is 0 Å². The van der Waals surface area contributed by atoms with Crippen LogP contribution in [0.25, 0.3) is 0 Å². The lowest BCUT2D eigenvalue weighted by molar-refractivity contribution is -0.139. The van der Waals surface area contributed by atoms with Crippen LogP contribution in [0.2, 0.25) is 0 Å². The summed E-state index contributed by atoms with van der Waals surface area (Å²) < 4.78 is 10.6. The number of halogens is 2. The Labute approximate surface area is 148 Å². The molecule has 0 spiro atoms. The topological polar surface area (TPSA) is 38.8 Å². The van der Waals surface area contributed by atoms with Crippen LogP contribution in [0.3, 0.4) is 0 Å². The Morgan fingerprint density at radius 1 is 1.23 bits per heavy atom. The molecule has 1 heterocycles. The van der Waals surface area contributed by atoms with Gasteiger partial charge >= 0.3 is 8.05 Å². The molecule has 1 atom stereocenters. The third kappa shape index (κ3) is 9.24. The molecule has 22 heavy (non-hydrogen) atoms. The number of piperidine rings is 1. The fourth-order valence-electron chi connectivity index (χ4n) is 2.87. The largest absolute Gasteiger partial charge is 0.543 e. The quantitative estimate of drug-likeness (QED) is 0.596. The van der Waals surface area contributed by atoms with Crippen LogP contribution >= 0.6 is 24.8 Å². The molecule has 1 rings (SSSR count). The minimum atomic E-state index is -0.0392. The highest BCUT2D eigenvalue weighted by Crippen LogP contribution is 2.18. The van der Waals surface area contributed by atoms with Crippen LogP contribution in [0, 0.1) is 5.92 Å². The van der Waals surface area contributed by atoms with Gasteiger partial charge in [-0.1, -0.05) is 19.8 Å². The van der Waals surface area contributed by atoms with E-state index in [-0.39, 0.29) is 36.7 Å². The highest BCUT2D eigenvalue weighted by molar-refractivity contribution is 6.05. The number of hydrogen-bond acceptors (Lipinski definition) is 4. The number of hydrogen-bond donors (Lipinski definition) is 0. The molecule has 1 saturated heterocycles. The summed E-state index contributed by atoms with van der Waals surface area (Å²) in [5, 5.41) is 0. The van der Waals surface area contributed by atoms with Gasteiger partial charge < -0.3 is 14.3 Å². The van der Waals surface area contributed by atoms with E-state index < -0.39 is 0 Å². The van der Waals surface area contributed by atoms with Crippen molar-refractivity contribution in [1.82, 2.24) is 4.90 Å². The Hall–Kier alpha value is 0.0349. The molecule has 132 valence electrons. The van der Waals surface area contributed by atoms with Crippen molar-refractivity contribution in [2.45, 2.75) is 58.5 Å². The first-order chi connectivity index (χ1) is 9.71. The summed E-state index contributed by atoms with van der Waals surface area (Å²) in [6.45, 7) is 8.21. The Morgan fingerprint density at radius 3 is 2.36 bits per heavy atom. The maximum atomic E-state index is 11.8. The van der Waals surface area contributed by atoms with Gasteiger partial charge in [0.2, 0.25) is 0 Å². The van der Waals surface area contributed by atoms with Crippen LogP contribution in [-0.2, 0) is 14.2 Å². The number of carbonyl (C=O) groups excluding carboxylic acids is 1. The predicted molar refractivity (Wildman–Crippen MR) is 97.9 cm³/mol. The number of rotatable bonds is 9.